The molecule has 1 atom stereocenters. The Morgan fingerprint density at radius 3 is 2.90 bits per heavy atom. The van der Waals surface area contributed by atoms with Gasteiger partial charge in [-0.15, -0.1) is 0 Å². The fourth-order valence-corrected chi connectivity index (χ4v) is 3.26. The van der Waals surface area contributed by atoms with Gasteiger partial charge in [0.1, 0.15) is 11.5 Å². The summed E-state index contributed by atoms with van der Waals surface area (Å²) in [6.07, 6.45) is 5.27. The first-order chi connectivity index (χ1) is 10.1. The predicted octanol–water partition coefficient (Wildman–Crippen LogP) is 2.37. The van der Waals surface area contributed by atoms with E-state index in [1.807, 2.05) is 0 Å². The van der Waals surface area contributed by atoms with Crippen LogP contribution in [-0.2, 0) is 13.1 Å². The molecule has 2 fully saturated rings. The van der Waals surface area contributed by atoms with Gasteiger partial charge in [-0.2, -0.15) is 0 Å². The Morgan fingerprint density at radius 2 is 2.19 bits per heavy atom. The Labute approximate surface area is 128 Å². The fourth-order valence-electron chi connectivity index (χ4n) is 3.26. The minimum atomic E-state index is 0.672. The molecule has 1 aromatic rings. The number of aryl methyl sites for hydroxylation is 1. The number of hydrogen-bond acceptors (Lipinski definition) is 4. The Hall–Kier alpha value is -0.840. The van der Waals surface area contributed by atoms with Crippen molar-refractivity contribution in [3.63, 3.8) is 0 Å². The van der Waals surface area contributed by atoms with E-state index in [1.54, 1.807) is 0 Å². The van der Waals surface area contributed by atoms with Crippen LogP contribution < -0.4 is 5.32 Å². The average Bonchev–Trinajstić information content (AvgIpc) is 3.22. The summed E-state index contributed by atoms with van der Waals surface area (Å²) in [5, 5.41) is 3.52. The maximum Gasteiger partial charge on any atom is 0.118 e. The number of piperidine rings is 1. The van der Waals surface area contributed by atoms with Crippen LogP contribution in [0.4, 0.5) is 0 Å². The van der Waals surface area contributed by atoms with E-state index in [9.17, 15) is 0 Å². The lowest BCUT2D eigenvalue weighted by molar-refractivity contribution is 0.129. The summed E-state index contributed by atoms with van der Waals surface area (Å²) in [7, 11) is 4.48. The molecule has 4 heteroatoms. The van der Waals surface area contributed by atoms with Crippen molar-refractivity contribution in [3.8, 4) is 0 Å². The highest BCUT2D eigenvalue weighted by Gasteiger charge is 2.23. The van der Waals surface area contributed by atoms with Gasteiger partial charge < -0.3 is 14.6 Å². The van der Waals surface area contributed by atoms with Crippen LogP contribution in [0.5, 0.6) is 0 Å². The van der Waals surface area contributed by atoms with Crippen LogP contribution in [0.3, 0.4) is 0 Å². The number of likely N-dealkylation sites (N-methyl/N-ethyl adjacent to an activating group) is 2. The van der Waals surface area contributed by atoms with Crippen molar-refractivity contribution in [3.05, 3.63) is 23.2 Å². The zero-order valence-electron chi connectivity index (χ0n) is 13.7. The zero-order valence-corrected chi connectivity index (χ0v) is 13.7. The van der Waals surface area contributed by atoms with Gasteiger partial charge in [0.15, 0.2) is 0 Å². The Kier molecular flexibility index (Phi) is 4.67. The molecule has 0 spiro atoms. The molecule has 1 N–H and O–H groups in total. The summed E-state index contributed by atoms with van der Waals surface area (Å²) in [5.74, 6) is 2.17. The molecular formula is C17H29N3O. The first kappa shape index (κ1) is 15.1. The molecule has 21 heavy (non-hydrogen) atoms. The second kappa shape index (κ2) is 6.51. The molecule has 1 saturated carbocycles. The first-order valence-electron chi connectivity index (χ1n) is 8.32. The Balaban J connectivity index is 1.55. The van der Waals surface area contributed by atoms with Crippen LogP contribution in [0.1, 0.15) is 42.8 Å². The average molecular weight is 291 g/mol. The standard InChI is InChI=1S/C17H29N3O/c1-13-14(9-17(21-13)10-18-15-6-7-15)11-20(3)16-5-4-8-19(2)12-16/h9,15-16,18H,4-8,10-12H2,1-3H3. The predicted molar refractivity (Wildman–Crippen MR) is 85.3 cm³/mol. The van der Waals surface area contributed by atoms with E-state index in [-0.39, 0.29) is 0 Å². The zero-order chi connectivity index (χ0) is 14.8. The number of hydrogen-bond donors (Lipinski definition) is 1. The highest BCUT2D eigenvalue weighted by atomic mass is 16.3. The van der Waals surface area contributed by atoms with Crippen LogP contribution in [0, 0.1) is 6.92 Å². The third-order valence-corrected chi connectivity index (χ3v) is 4.86. The van der Waals surface area contributed by atoms with E-state index in [2.05, 4.69) is 42.2 Å². The molecule has 3 rings (SSSR count). The van der Waals surface area contributed by atoms with E-state index in [4.69, 9.17) is 4.42 Å². The summed E-state index contributed by atoms with van der Waals surface area (Å²) in [6, 6.07) is 3.65. The maximum atomic E-state index is 5.90. The van der Waals surface area contributed by atoms with Gasteiger partial charge >= 0.3 is 0 Å². The smallest absolute Gasteiger partial charge is 0.118 e. The summed E-state index contributed by atoms with van der Waals surface area (Å²) in [5.41, 5.74) is 1.35. The lowest BCUT2D eigenvalue weighted by Crippen LogP contribution is -2.44. The number of rotatable bonds is 6. The minimum absolute atomic E-state index is 0.672. The number of furan rings is 1. The Morgan fingerprint density at radius 1 is 1.38 bits per heavy atom. The Bertz CT molecular complexity index is 467. The van der Waals surface area contributed by atoms with Crippen LogP contribution in [0.25, 0.3) is 0 Å². The molecule has 1 saturated heterocycles. The summed E-state index contributed by atoms with van der Waals surface area (Å²) in [4.78, 5) is 4.93. The second-order valence-electron chi connectivity index (χ2n) is 6.92. The normalized spacial score (nSPS) is 23.9. The number of likely N-dealkylation sites (tertiary alicyclic amines) is 1. The maximum absolute atomic E-state index is 5.90. The molecule has 0 amide bonds. The van der Waals surface area contributed by atoms with E-state index >= 15 is 0 Å². The van der Waals surface area contributed by atoms with Gasteiger partial charge in [0.05, 0.1) is 6.54 Å². The highest BCUT2D eigenvalue weighted by Crippen LogP contribution is 2.22. The molecular weight excluding hydrogens is 262 g/mol. The molecule has 2 heterocycles. The van der Waals surface area contributed by atoms with E-state index in [0.29, 0.717) is 6.04 Å². The molecule has 118 valence electrons. The van der Waals surface area contributed by atoms with Crippen molar-refractivity contribution < 1.29 is 4.42 Å². The minimum Gasteiger partial charge on any atom is -0.465 e. The van der Waals surface area contributed by atoms with Gasteiger partial charge in [0.25, 0.3) is 0 Å². The van der Waals surface area contributed by atoms with Crippen molar-refractivity contribution in [2.45, 2.75) is 57.8 Å². The molecule has 4 nitrogen and oxygen atoms in total. The van der Waals surface area contributed by atoms with Crippen molar-refractivity contribution in [2.75, 3.05) is 27.2 Å². The molecule has 0 aromatic carbocycles. The van der Waals surface area contributed by atoms with Crippen molar-refractivity contribution in [1.82, 2.24) is 15.1 Å². The van der Waals surface area contributed by atoms with Gasteiger partial charge in [-0.1, -0.05) is 0 Å². The molecule has 2 aliphatic rings. The molecule has 1 aliphatic heterocycles. The molecule has 0 radical (unpaired) electrons. The lowest BCUT2D eigenvalue weighted by Gasteiger charge is -2.35. The van der Waals surface area contributed by atoms with Gasteiger partial charge in [-0.3, -0.25) is 4.90 Å². The highest BCUT2D eigenvalue weighted by molar-refractivity contribution is 5.21. The SMILES string of the molecule is Cc1oc(CNC2CC2)cc1CN(C)C1CCCN(C)C1. The van der Waals surface area contributed by atoms with Crippen molar-refractivity contribution in [1.29, 1.82) is 0 Å². The van der Waals surface area contributed by atoms with Gasteiger partial charge in [-0.25, -0.2) is 0 Å². The van der Waals surface area contributed by atoms with Crippen LogP contribution >= 0.6 is 0 Å². The van der Waals surface area contributed by atoms with Crippen molar-refractivity contribution in [2.24, 2.45) is 0 Å². The number of nitrogens with zero attached hydrogens (tertiary/aromatic N) is 2. The first-order valence-corrected chi connectivity index (χ1v) is 8.32. The third-order valence-electron chi connectivity index (χ3n) is 4.86. The van der Waals surface area contributed by atoms with Gasteiger partial charge in [0.2, 0.25) is 0 Å². The van der Waals surface area contributed by atoms with Crippen LogP contribution in [0.2, 0.25) is 0 Å². The molecule has 0 bridgehead atoms. The van der Waals surface area contributed by atoms with Gasteiger partial charge in [0, 0.05) is 30.7 Å². The van der Waals surface area contributed by atoms with Gasteiger partial charge in [-0.05, 0) is 59.3 Å². The largest absolute Gasteiger partial charge is 0.465 e. The topological polar surface area (TPSA) is 31.7 Å². The number of nitrogens with one attached hydrogen (secondary N) is 1. The summed E-state index contributed by atoms with van der Waals surface area (Å²) in [6.45, 7) is 6.39. The van der Waals surface area contributed by atoms with Crippen LogP contribution in [-0.4, -0.2) is 49.1 Å². The lowest BCUT2D eigenvalue weighted by atomic mass is 10.0. The van der Waals surface area contributed by atoms with E-state index in [1.165, 1.54) is 44.3 Å². The monoisotopic (exact) mass is 291 g/mol. The fraction of sp³-hybridized carbons (Fsp3) is 0.765. The summed E-state index contributed by atoms with van der Waals surface area (Å²) >= 11 is 0. The molecule has 1 aliphatic carbocycles. The summed E-state index contributed by atoms with van der Waals surface area (Å²) < 4.78 is 5.90. The molecule has 1 aromatic heterocycles. The van der Waals surface area contributed by atoms with Crippen molar-refractivity contribution >= 4 is 0 Å². The second-order valence-corrected chi connectivity index (χ2v) is 6.92. The molecule has 1 unspecified atom stereocenters. The van der Waals surface area contributed by atoms with Crippen LogP contribution in [0.15, 0.2) is 10.5 Å². The van der Waals surface area contributed by atoms with E-state index < -0.39 is 0 Å². The van der Waals surface area contributed by atoms with E-state index in [0.717, 1.165) is 30.7 Å². The quantitative estimate of drug-likeness (QED) is 0.872. The third kappa shape index (κ3) is 4.09.